The quantitative estimate of drug-likeness (QED) is 0.412. The van der Waals surface area contributed by atoms with E-state index in [2.05, 4.69) is 66.0 Å². The van der Waals surface area contributed by atoms with E-state index in [9.17, 15) is 0 Å². The molecule has 3 heteroatoms. The van der Waals surface area contributed by atoms with Crippen molar-refractivity contribution in [2.24, 2.45) is 4.99 Å². The number of benzene rings is 1. The number of hydrogen-bond acceptors (Lipinski definition) is 2. The van der Waals surface area contributed by atoms with E-state index in [1.165, 1.54) is 40.3 Å². The summed E-state index contributed by atoms with van der Waals surface area (Å²) in [6.45, 7) is 7.89. The highest BCUT2D eigenvalue weighted by Crippen LogP contribution is 2.59. The molecular weight excluding hydrogens is 353 g/mol. The van der Waals surface area contributed by atoms with Gasteiger partial charge in [-0.3, -0.25) is 4.99 Å². The number of fused-ring (bicyclic) bond motifs is 1. The Morgan fingerprint density at radius 2 is 1.77 bits per heavy atom. The van der Waals surface area contributed by atoms with E-state index in [0.717, 1.165) is 12.1 Å². The maximum Gasteiger partial charge on any atom is 0.0741 e. The molecule has 1 unspecified atom stereocenters. The molecule has 2 aromatic heterocycles. The van der Waals surface area contributed by atoms with Gasteiger partial charge in [0, 0.05) is 21.7 Å². The molecule has 0 fully saturated rings. The zero-order valence-electron chi connectivity index (χ0n) is 14.8. The lowest BCUT2D eigenvalue weighted by Crippen LogP contribution is -2.05. The summed E-state index contributed by atoms with van der Waals surface area (Å²) in [6.07, 6.45) is 8.42. The third-order valence-electron chi connectivity index (χ3n) is 4.92. The second kappa shape index (κ2) is 7.61. The van der Waals surface area contributed by atoms with Crippen LogP contribution in [0, 0.1) is 0 Å². The molecule has 3 aromatic rings. The van der Waals surface area contributed by atoms with Crippen molar-refractivity contribution in [1.82, 2.24) is 0 Å². The Balaban J connectivity index is 2.12. The molecular formula is C23H22NPS. The second-order valence-electron chi connectivity index (χ2n) is 6.41. The van der Waals surface area contributed by atoms with Gasteiger partial charge in [-0.1, -0.05) is 57.1 Å². The molecule has 0 saturated carbocycles. The molecule has 1 aliphatic rings. The maximum atomic E-state index is 4.60. The van der Waals surface area contributed by atoms with Gasteiger partial charge in [-0.15, -0.1) is 11.3 Å². The number of nitrogens with zero attached hydrogens (tertiary/aromatic N) is 1. The Bertz CT molecular complexity index is 962. The van der Waals surface area contributed by atoms with Crippen LogP contribution in [0.4, 0.5) is 0 Å². The van der Waals surface area contributed by atoms with Gasteiger partial charge in [0.1, 0.15) is 0 Å². The van der Waals surface area contributed by atoms with Crippen molar-refractivity contribution in [3.63, 3.8) is 0 Å². The normalized spacial score (nSPS) is 14.8. The van der Waals surface area contributed by atoms with Crippen LogP contribution in [0.2, 0.25) is 0 Å². The Hall–Kier alpha value is -2.15. The first kappa shape index (κ1) is 17.3. The summed E-state index contributed by atoms with van der Waals surface area (Å²) < 4.78 is 0. The van der Waals surface area contributed by atoms with Gasteiger partial charge >= 0.3 is 0 Å². The van der Waals surface area contributed by atoms with E-state index < -0.39 is 7.53 Å². The average Bonchev–Trinajstić information content (AvgIpc) is 3.32. The van der Waals surface area contributed by atoms with E-state index in [1.807, 2.05) is 17.4 Å². The molecule has 0 bridgehead atoms. The molecule has 0 radical (unpaired) electrons. The smallest absolute Gasteiger partial charge is 0.0741 e. The van der Waals surface area contributed by atoms with Crippen LogP contribution in [-0.4, -0.2) is 5.71 Å². The summed E-state index contributed by atoms with van der Waals surface area (Å²) in [5.74, 6) is 0. The van der Waals surface area contributed by atoms with Crippen LogP contribution < -0.4 is 0 Å². The van der Waals surface area contributed by atoms with Gasteiger partial charge < -0.3 is 0 Å². The maximum absolute atomic E-state index is 4.60. The van der Waals surface area contributed by atoms with Crippen molar-refractivity contribution in [3.05, 3.63) is 89.7 Å². The van der Waals surface area contributed by atoms with Gasteiger partial charge in [-0.05, 0) is 59.6 Å². The van der Waals surface area contributed by atoms with Gasteiger partial charge in [0.2, 0.25) is 0 Å². The zero-order valence-corrected chi connectivity index (χ0v) is 16.5. The third-order valence-corrected chi connectivity index (χ3v) is 8.68. The van der Waals surface area contributed by atoms with Crippen LogP contribution in [-0.2, 0) is 12.8 Å². The number of hydrogen-bond donors (Lipinski definition) is 0. The van der Waals surface area contributed by atoms with Crippen molar-refractivity contribution < 1.29 is 0 Å². The first-order chi connectivity index (χ1) is 12.8. The summed E-state index contributed by atoms with van der Waals surface area (Å²) in [5.41, 5.74) is 4.09. The van der Waals surface area contributed by atoms with E-state index in [1.54, 1.807) is 17.1 Å². The minimum absolute atomic E-state index is 0.605. The number of thiophene rings is 1. The summed E-state index contributed by atoms with van der Waals surface area (Å²) in [7, 11) is -0.605. The molecule has 0 saturated heterocycles. The zero-order chi connectivity index (χ0) is 17.9. The Morgan fingerprint density at radius 3 is 2.42 bits per heavy atom. The average molecular weight is 375 g/mol. The molecule has 1 nitrogen and oxygen atoms in total. The van der Waals surface area contributed by atoms with E-state index in [-0.39, 0.29) is 0 Å². The van der Waals surface area contributed by atoms with Crippen LogP contribution in [0.5, 0.6) is 0 Å². The first-order valence-corrected chi connectivity index (χ1v) is 11.2. The SMILES string of the molecule is C=CN=C(C=C)c1c2c(c(-c3cccs3)p1-c1ccccc1)CCCC2. The fourth-order valence-corrected chi connectivity index (χ4v) is 7.94. The summed E-state index contributed by atoms with van der Waals surface area (Å²) in [5, 5.41) is 6.53. The van der Waals surface area contributed by atoms with E-state index in [4.69, 9.17) is 0 Å². The lowest BCUT2D eigenvalue weighted by Gasteiger charge is -2.14. The van der Waals surface area contributed by atoms with Crippen molar-refractivity contribution in [2.75, 3.05) is 0 Å². The van der Waals surface area contributed by atoms with Gasteiger partial charge in [0.25, 0.3) is 0 Å². The summed E-state index contributed by atoms with van der Waals surface area (Å²) in [4.78, 5) is 6.01. The Kier molecular flexibility index (Phi) is 5.06. The predicted molar refractivity (Wildman–Crippen MR) is 117 cm³/mol. The molecule has 130 valence electrons. The molecule has 0 spiro atoms. The highest BCUT2D eigenvalue weighted by Gasteiger charge is 2.28. The van der Waals surface area contributed by atoms with E-state index >= 15 is 0 Å². The molecule has 1 atom stereocenters. The lowest BCUT2D eigenvalue weighted by atomic mass is 9.91. The topological polar surface area (TPSA) is 12.4 Å². The first-order valence-electron chi connectivity index (χ1n) is 9.02. The molecule has 26 heavy (non-hydrogen) atoms. The van der Waals surface area contributed by atoms with Crippen LogP contribution in [0.15, 0.2) is 78.3 Å². The standard InChI is InChI=1S/C23H22NPS/c1-3-20(24-4-2)22-18-13-8-9-14-19(18)23(21-15-10-16-26-21)25(22)17-11-6-5-7-12-17/h3-7,10-12,15-16H,1-2,8-9,13-14H2. The van der Waals surface area contributed by atoms with Gasteiger partial charge in [-0.2, -0.15) is 0 Å². The monoisotopic (exact) mass is 375 g/mol. The number of allylic oxidation sites excluding steroid dienone is 1. The van der Waals surface area contributed by atoms with Crippen LogP contribution >= 0.6 is 18.9 Å². The summed E-state index contributed by atoms with van der Waals surface area (Å²) >= 11 is 1.85. The Morgan fingerprint density at radius 1 is 1.00 bits per heavy atom. The van der Waals surface area contributed by atoms with Crippen molar-refractivity contribution >= 4 is 24.6 Å². The second-order valence-corrected chi connectivity index (χ2v) is 9.44. The van der Waals surface area contributed by atoms with Crippen molar-refractivity contribution in [3.8, 4) is 15.5 Å². The number of rotatable bonds is 5. The largest absolute Gasteiger partial charge is 0.257 e. The fourth-order valence-electron chi connectivity index (χ4n) is 3.90. The van der Waals surface area contributed by atoms with Crippen molar-refractivity contribution in [2.45, 2.75) is 25.7 Å². The highest BCUT2D eigenvalue weighted by atomic mass is 32.1. The molecule has 0 aliphatic heterocycles. The fraction of sp³-hybridized carbons (Fsp3) is 0.174. The predicted octanol–water partition coefficient (Wildman–Crippen LogP) is 7.39. The highest BCUT2D eigenvalue weighted by molar-refractivity contribution is 7.62. The molecule has 0 amide bonds. The molecule has 1 aromatic carbocycles. The number of aliphatic imine (C=N–C) groups is 1. The van der Waals surface area contributed by atoms with Crippen molar-refractivity contribution in [1.29, 1.82) is 0 Å². The van der Waals surface area contributed by atoms with Crippen LogP contribution in [0.3, 0.4) is 0 Å². The van der Waals surface area contributed by atoms with E-state index in [0.29, 0.717) is 0 Å². The minimum Gasteiger partial charge on any atom is -0.257 e. The van der Waals surface area contributed by atoms with Gasteiger partial charge in [0.05, 0.1) is 5.71 Å². The lowest BCUT2D eigenvalue weighted by molar-refractivity contribution is 0.690. The van der Waals surface area contributed by atoms with Gasteiger partial charge in [-0.25, -0.2) is 0 Å². The molecule has 2 heterocycles. The van der Waals surface area contributed by atoms with Crippen LogP contribution in [0.1, 0.15) is 29.3 Å². The molecule has 4 rings (SSSR count). The molecule has 0 N–H and O–H groups in total. The van der Waals surface area contributed by atoms with Crippen LogP contribution in [0.25, 0.3) is 15.5 Å². The minimum atomic E-state index is -0.605. The third kappa shape index (κ3) is 2.94. The molecule has 1 aliphatic carbocycles. The van der Waals surface area contributed by atoms with Gasteiger partial charge in [0.15, 0.2) is 0 Å². The summed E-state index contributed by atoms with van der Waals surface area (Å²) in [6, 6.07) is 15.4. The Labute approximate surface area is 160 Å².